The zero-order valence-electron chi connectivity index (χ0n) is 22.4. The Morgan fingerprint density at radius 2 is 1.86 bits per heavy atom. The Bertz CT molecular complexity index is 1070. The van der Waals surface area contributed by atoms with E-state index in [1.54, 1.807) is 30.0 Å². The number of carbonyl (C=O) groups excluding carboxylic acids is 3. The number of hydrogen-bond donors (Lipinski definition) is 2. The number of nitrogens with one attached hydrogen (secondary N) is 2. The summed E-state index contributed by atoms with van der Waals surface area (Å²) in [6.45, 7) is 14.1. The van der Waals surface area contributed by atoms with E-state index in [0.717, 1.165) is 0 Å². The first-order valence-electron chi connectivity index (χ1n) is 12.6. The topological polar surface area (TPSA) is 94.2 Å². The number of nitrogens with zero attached hydrogens (tertiary/aromatic N) is 3. The molecule has 2 aliphatic rings. The molecule has 204 valence electrons. The molecular formula is C26H37Cl2N5O4. The fourth-order valence-electron chi connectivity index (χ4n) is 4.68. The lowest BCUT2D eigenvalue weighted by Gasteiger charge is -2.43. The van der Waals surface area contributed by atoms with Gasteiger partial charge in [-0.3, -0.25) is 9.80 Å². The number of halogens is 2. The average molecular weight is 555 g/mol. The Morgan fingerprint density at radius 1 is 1.16 bits per heavy atom. The number of hydrogen-bond acceptors (Lipinski definition) is 5. The Labute approximate surface area is 229 Å². The second-order valence-electron chi connectivity index (χ2n) is 10.3. The van der Waals surface area contributed by atoms with E-state index in [2.05, 4.69) is 15.5 Å². The normalized spacial score (nSPS) is 21.1. The monoisotopic (exact) mass is 553 g/mol. The van der Waals surface area contributed by atoms with Gasteiger partial charge in [0.05, 0.1) is 28.3 Å². The van der Waals surface area contributed by atoms with Gasteiger partial charge in [-0.05, 0) is 59.2 Å². The summed E-state index contributed by atoms with van der Waals surface area (Å²) in [5.41, 5.74) is 1.25. The summed E-state index contributed by atoms with van der Waals surface area (Å²) < 4.78 is 5.44. The summed E-state index contributed by atoms with van der Waals surface area (Å²) in [5.74, 6) is -0.497. The number of likely N-dealkylation sites (N-methyl/N-ethyl adjacent to an activating group) is 1. The van der Waals surface area contributed by atoms with Crippen LogP contribution in [0.1, 0.15) is 53.1 Å². The molecule has 1 aromatic rings. The van der Waals surface area contributed by atoms with Crippen molar-refractivity contribution in [1.29, 1.82) is 0 Å². The van der Waals surface area contributed by atoms with E-state index >= 15 is 0 Å². The quantitative estimate of drug-likeness (QED) is 0.509. The van der Waals surface area contributed by atoms with E-state index in [1.807, 2.05) is 39.5 Å². The van der Waals surface area contributed by atoms with Crippen molar-refractivity contribution < 1.29 is 19.1 Å². The Hall–Kier alpha value is -2.49. The van der Waals surface area contributed by atoms with Gasteiger partial charge in [0, 0.05) is 50.0 Å². The summed E-state index contributed by atoms with van der Waals surface area (Å²) in [6.07, 6.45) is 0. The van der Waals surface area contributed by atoms with Crippen LogP contribution < -0.4 is 10.6 Å². The van der Waals surface area contributed by atoms with Crippen LogP contribution in [0.15, 0.2) is 29.5 Å². The molecule has 11 heteroatoms. The predicted molar refractivity (Wildman–Crippen MR) is 145 cm³/mol. The lowest BCUT2D eigenvalue weighted by Crippen LogP contribution is -2.59. The second kappa shape index (κ2) is 11.9. The minimum Gasteiger partial charge on any atom is -0.463 e. The highest BCUT2D eigenvalue weighted by molar-refractivity contribution is 6.42. The van der Waals surface area contributed by atoms with E-state index < -0.39 is 12.0 Å². The Morgan fingerprint density at radius 3 is 2.43 bits per heavy atom. The van der Waals surface area contributed by atoms with Crippen molar-refractivity contribution in [2.45, 2.75) is 59.2 Å². The SMILES string of the molecule is CCOC(=O)C1=C(CN2CCN(C(=O)NC(C)(C)C)[C@@H](C)C2)N(CC)C(=O)N[C@@H]1c1ccc(Cl)c(Cl)c1. The summed E-state index contributed by atoms with van der Waals surface area (Å²) in [4.78, 5) is 44.8. The maximum absolute atomic E-state index is 13.3. The molecule has 0 aromatic heterocycles. The minimum atomic E-state index is -0.740. The number of piperazine rings is 1. The standard InChI is InChI=1S/C26H37Cl2N5O4/c1-7-32-20(15-31-11-12-33(16(3)14-31)25(36)30-26(4,5)6)21(23(34)37-8-2)22(29-24(32)35)17-9-10-18(27)19(28)13-17/h9-10,13,16,22H,7-8,11-12,14-15H2,1-6H3,(H,29,35)(H,30,36)/t16-,22+/m0/s1. The molecule has 0 bridgehead atoms. The molecule has 0 radical (unpaired) electrons. The van der Waals surface area contributed by atoms with Gasteiger partial charge in [-0.15, -0.1) is 0 Å². The van der Waals surface area contributed by atoms with Crippen molar-refractivity contribution >= 4 is 41.2 Å². The Balaban J connectivity index is 1.95. The molecule has 4 amide bonds. The van der Waals surface area contributed by atoms with Crippen molar-refractivity contribution in [2.24, 2.45) is 0 Å². The van der Waals surface area contributed by atoms with Crippen LogP contribution in [0.5, 0.6) is 0 Å². The summed E-state index contributed by atoms with van der Waals surface area (Å²) in [6, 6.07) is 3.84. The number of benzene rings is 1. The molecule has 0 unspecified atom stereocenters. The first-order valence-corrected chi connectivity index (χ1v) is 13.4. The zero-order valence-corrected chi connectivity index (χ0v) is 23.9. The van der Waals surface area contributed by atoms with Gasteiger partial charge in [0.1, 0.15) is 0 Å². The van der Waals surface area contributed by atoms with Gasteiger partial charge in [-0.1, -0.05) is 29.3 Å². The van der Waals surface area contributed by atoms with Crippen LogP contribution >= 0.6 is 23.2 Å². The third-order valence-electron chi connectivity index (χ3n) is 6.35. The van der Waals surface area contributed by atoms with Gasteiger partial charge in [0.15, 0.2) is 0 Å². The van der Waals surface area contributed by atoms with Crippen molar-refractivity contribution in [3.05, 3.63) is 45.1 Å². The smallest absolute Gasteiger partial charge is 0.338 e. The van der Waals surface area contributed by atoms with Gasteiger partial charge in [0.25, 0.3) is 0 Å². The van der Waals surface area contributed by atoms with Gasteiger partial charge in [-0.25, -0.2) is 14.4 Å². The highest BCUT2D eigenvalue weighted by Gasteiger charge is 2.39. The molecule has 0 saturated carbocycles. The number of urea groups is 2. The molecule has 2 heterocycles. The van der Waals surface area contributed by atoms with Gasteiger partial charge >= 0.3 is 18.0 Å². The van der Waals surface area contributed by atoms with Crippen LogP contribution in [-0.2, 0) is 9.53 Å². The van der Waals surface area contributed by atoms with Crippen molar-refractivity contribution in [1.82, 2.24) is 25.3 Å². The van der Waals surface area contributed by atoms with Gasteiger partial charge in [-0.2, -0.15) is 0 Å². The first kappa shape index (κ1) is 29.1. The maximum atomic E-state index is 13.3. The number of esters is 1. The highest BCUT2D eigenvalue weighted by Crippen LogP contribution is 2.35. The molecule has 9 nitrogen and oxygen atoms in total. The van der Waals surface area contributed by atoms with Crippen molar-refractivity contribution in [2.75, 3.05) is 39.3 Å². The van der Waals surface area contributed by atoms with Crippen molar-refractivity contribution in [3.8, 4) is 0 Å². The van der Waals surface area contributed by atoms with Crippen LogP contribution in [0.25, 0.3) is 0 Å². The molecule has 2 atom stereocenters. The molecule has 2 aliphatic heterocycles. The van der Waals surface area contributed by atoms with Gasteiger partial charge in [0.2, 0.25) is 0 Å². The van der Waals surface area contributed by atoms with E-state index in [1.165, 1.54) is 0 Å². The Kier molecular flexibility index (Phi) is 9.37. The lowest BCUT2D eigenvalue weighted by atomic mass is 9.94. The molecule has 1 saturated heterocycles. The largest absolute Gasteiger partial charge is 0.463 e. The molecule has 2 N–H and O–H groups in total. The average Bonchev–Trinajstić information content (AvgIpc) is 2.79. The summed E-state index contributed by atoms with van der Waals surface area (Å²) >= 11 is 12.4. The molecule has 0 aliphatic carbocycles. The fourth-order valence-corrected chi connectivity index (χ4v) is 4.99. The molecule has 3 rings (SSSR count). The van der Waals surface area contributed by atoms with Crippen LogP contribution in [-0.4, -0.2) is 83.6 Å². The number of ether oxygens (including phenoxy) is 1. The summed E-state index contributed by atoms with van der Waals surface area (Å²) in [7, 11) is 0. The predicted octanol–water partition coefficient (Wildman–Crippen LogP) is 4.41. The minimum absolute atomic E-state index is 0.0545. The third kappa shape index (κ3) is 6.89. The maximum Gasteiger partial charge on any atom is 0.338 e. The molecule has 1 aromatic carbocycles. The molecule has 1 fully saturated rings. The third-order valence-corrected chi connectivity index (χ3v) is 7.09. The fraction of sp³-hybridized carbons (Fsp3) is 0.577. The second-order valence-corrected chi connectivity index (χ2v) is 11.2. The molecule has 0 spiro atoms. The number of amides is 4. The van der Waals surface area contributed by atoms with E-state index in [-0.39, 0.29) is 30.2 Å². The molecule has 37 heavy (non-hydrogen) atoms. The van der Waals surface area contributed by atoms with Crippen LogP contribution in [0.4, 0.5) is 9.59 Å². The summed E-state index contributed by atoms with van der Waals surface area (Å²) in [5, 5.41) is 6.67. The zero-order chi connectivity index (χ0) is 27.5. The van der Waals surface area contributed by atoms with Crippen molar-refractivity contribution in [3.63, 3.8) is 0 Å². The van der Waals surface area contributed by atoms with E-state index in [9.17, 15) is 14.4 Å². The molecular weight excluding hydrogens is 517 g/mol. The number of carbonyl (C=O) groups is 3. The van der Waals surface area contributed by atoms with E-state index in [0.29, 0.717) is 59.6 Å². The highest BCUT2D eigenvalue weighted by atomic mass is 35.5. The van der Waals surface area contributed by atoms with E-state index in [4.69, 9.17) is 27.9 Å². The first-order chi connectivity index (χ1) is 17.4. The number of rotatable bonds is 6. The van der Waals surface area contributed by atoms with Gasteiger partial charge < -0.3 is 20.3 Å². The van der Waals surface area contributed by atoms with Crippen LogP contribution in [0, 0.1) is 0 Å². The van der Waals surface area contributed by atoms with Crippen LogP contribution in [0.2, 0.25) is 10.0 Å². The lowest BCUT2D eigenvalue weighted by molar-refractivity contribution is -0.139. The van der Waals surface area contributed by atoms with Crippen LogP contribution in [0.3, 0.4) is 0 Å².